The van der Waals surface area contributed by atoms with Gasteiger partial charge in [-0.2, -0.15) is 0 Å². The lowest BCUT2D eigenvalue weighted by Crippen LogP contribution is -1.90. The zero-order valence-corrected chi connectivity index (χ0v) is 13.4. The Hall–Kier alpha value is -3.54. The van der Waals surface area contributed by atoms with Crippen molar-refractivity contribution in [3.63, 3.8) is 0 Å². The fourth-order valence-corrected chi connectivity index (χ4v) is 2.73. The number of H-pyrrole nitrogens is 1. The minimum atomic E-state index is 0.0757. The molecule has 124 valence electrons. The van der Waals surface area contributed by atoms with Crippen LogP contribution in [0.25, 0.3) is 33.5 Å². The molecule has 2 heterocycles. The largest absolute Gasteiger partial charge is 0.508 e. The lowest BCUT2D eigenvalue weighted by atomic mass is 10.1. The van der Waals surface area contributed by atoms with E-state index in [0.29, 0.717) is 17.1 Å². The third-order valence-electron chi connectivity index (χ3n) is 4.03. The highest BCUT2D eigenvalue weighted by molar-refractivity contribution is 5.91. The average Bonchev–Trinajstić information content (AvgIpc) is 3.06. The van der Waals surface area contributed by atoms with Gasteiger partial charge in [-0.05, 0) is 35.9 Å². The minimum absolute atomic E-state index is 0.0757. The molecule has 4 aromatic rings. The highest BCUT2D eigenvalue weighted by Crippen LogP contribution is 2.33. The molecule has 0 aliphatic heterocycles. The number of ether oxygens (including phenoxy) is 1. The lowest BCUT2D eigenvalue weighted by Gasteiger charge is -2.06. The molecule has 0 radical (unpaired) electrons. The van der Waals surface area contributed by atoms with Crippen LogP contribution < -0.4 is 4.74 Å². The van der Waals surface area contributed by atoms with Crippen LogP contribution in [0.5, 0.6) is 17.2 Å². The van der Waals surface area contributed by atoms with Crippen LogP contribution in [0.3, 0.4) is 0 Å². The molecular formula is C19H15N3O3. The number of phenols is 2. The van der Waals surface area contributed by atoms with Gasteiger partial charge in [0.2, 0.25) is 0 Å². The van der Waals surface area contributed by atoms with E-state index >= 15 is 0 Å². The maximum Gasteiger partial charge on any atom is 0.161 e. The van der Waals surface area contributed by atoms with Crippen molar-refractivity contribution >= 4 is 11.2 Å². The Balaban J connectivity index is 1.85. The Morgan fingerprint density at radius 2 is 1.76 bits per heavy atom. The minimum Gasteiger partial charge on any atom is -0.508 e. The first-order valence-corrected chi connectivity index (χ1v) is 7.66. The number of fused-ring (bicyclic) bond motifs is 1. The summed E-state index contributed by atoms with van der Waals surface area (Å²) in [6, 6.07) is 12.0. The van der Waals surface area contributed by atoms with Crippen LogP contribution in [0.15, 0.2) is 54.9 Å². The Kier molecular flexibility index (Phi) is 3.50. The van der Waals surface area contributed by atoms with Gasteiger partial charge in [0.25, 0.3) is 0 Å². The summed E-state index contributed by atoms with van der Waals surface area (Å²) in [5.41, 5.74) is 4.70. The normalized spacial score (nSPS) is 10.9. The summed E-state index contributed by atoms with van der Waals surface area (Å²) in [5, 5.41) is 19.2. The standard InChI is InChI=1S/C19H15N3O3/c1-25-17-8-12(4-7-16(17)24)15-10-21-19-18(22-15)14(9-20-19)11-2-5-13(23)6-3-11/h2-10,23-24H,1H3,(H,20,21). The SMILES string of the molecule is COc1cc(-c2cnc3[nH]cc(-c4ccc(O)cc4)c3n2)ccc1O. The van der Waals surface area contributed by atoms with Gasteiger partial charge in [-0.15, -0.1) is 0 Å². The van der Waals surface area contributed by atoms with Gasteiger partial charge in [-0.25, -0.2) is 9.97 Å². The Labute approximate surface area is 143 Å². The number of hydrogen-bond acceptors (Lipinski definition) is 5. The summed E-state index contributed by atoms with van der Waals surface area (Å²) < 4.78 is 5.16. The summed E-state index contributed by atoms with van der Waals surface area (Å²) in [4.78, 5) is 12.3. The zero-order valence-electron chi connectivity index (χ0n) is 13.4. The zero-order chi connectivity index (χ0) is 17.4. The lowest BCUT2D eigenvalue weighted by molar-refractivity contribution is 0.373. The molecule has 2 aromatic carbocycles. The Morgan fingerprint density at radius 1 is 1.00 bits per heavy atom. The first-order chi connectivity index (χ1) is 12.2. The molecule has 0 fully saturated rings. The number of aromatic amines is 1. The number of nitrogens with zero attached hydrogens (tertiary/aromatic N) is 2. The molecule has 6 nitrogen and oxygen atoms in total. The van der Waals surface area contributed by atoms with Gasteiger partial charge in [0, 0.05) is 17.3 Å². The van der Waals surface area contributed by atoms with Crippen LogP contribution >= 0.6 is 0 Å². The van der Waals surface area contributed by atoms with Crippen molar-refractivity contribution in [3.05, 3.63) is 54.9 Å². The van der Waals surface area contributed by atoms with Crippen LogP contribution in [0.1, 0.15) is 0 Å². The molecule has 3 N–H and O–H groups in total. The van der Waals surface area contributed by atoms with E-state index in [0.717, 1.165) is 22.2 Å². The van der Waals surface area contributed by atoms with Crippen LogP contribution in [-0.2, 0) is 0 Å². The molecule has 25 heavy (non-hydrogen) atoms. The third kappa shape index (κ3) is 2.63. The van der Waals surface area contributed by atoms with E-state index < -0.39 is 0 Å². The molecule has 0 bridgehead atoms. The molecular weight excluding hydrogens is 318 g/mol. The van der Waals surface area contributed by atoms with Crippen molar-refractivity contribution in [2.24, 2.45) is 0 Å². The fraction of sp³-hybridized carbons (Fsp3) is 0.0526. The molecule has 0 saturated heterocycles. The fourth-order valence-electron chi connectivity index (χ4n) is 2.73. The predicted octanol–water partition coefficient (Wildman–Crippen LogP) is 3.71. The highest BCUT2D eigenvalue weighted by Gasteiger charge is 2.12. The van der Waals surface area contributed by atoms with E-state index in [9.17, 15) is 10.2 Å². The van der Waals surface area contributed by atoms with Gasteiger partial charge < -0.3 is 19.9 Å². The number of aromatic hydroxyl groups is 2. The summed E-state index contributed by atoms with van der Waals surface area (Å²) in [6.45, 7) is 0. The smallest absolute Gasteiger partial charge is 0.161 e. The highest BCUT2D eigenvalue weighted by atomic mass is 16.5. The molecule has 0 aliphatic carbocycles. The summed E-state index contributed by atoms with van der Waals surface area (Å²) >= 11 is 0. The molecule has 0 atom stereocenters. The van der Waals surface area contributed by atoms with Crippen LogP contribution in [0.4, 0.5) is 0 Å². The van der Waals surface area contributed by atoms with Crippen LogP contribution in [0, 0.1) is 0 Å². The molecule has 6 heteroatoms. The number of benzene rings is 2. The Bertz CT molecular complexity index is 1060. The molecule has 0 amide bonds. The van der Waals surface area contributed by atoms with E-state index in [4.69, 9.17) is 9.72 Å². The van der Waals surface area contributed by atoms with E-state index in [-0.39, 0.29) is 11.5 Å². The number of phenolic OH excluding ortho intramolecular Hbond substituents is 2. The van der Waals surface area contributed by atoms with Gasteiger partial charge in [0.05, 0.1) is 19.0 Å². The monoisotopic (exact) mass is 333 g/mol. The second-order valence-corrected chi connectivity index (χ2v) is 5.59. The first-order valence-electron chi connectivity index (χ1n) is 7.66. The van der Waals surface area contributed by atoms with Gasteiger partial charge in [-0.3, -0.25) is 0 Å². The summed E-state index contributed by atoms with van der Waals surface area (Å²) in [6.07, 6.45) is 3.52. The quantitative estimate of drug-likeness (QED) is 0.531. The van der Waals surface area contributed by atoms with Gasteiger partial charge in [-0.1, -0.05) is 12.1 Å². The van der Waals surface area contributed by atoms with E-state index in [1.54, 1.807) is 36.5 Å². The van der Waals surface area contributed by atoms with Gasteiger partial charge in [0.15, 0.2) is 17.1 Å². The Morgan fingerprint density at radius 3 is 2.52 bits per heavy atom. The average molecular weight is 333 g/mol. The molecule has 0 aliphatic rings. The number of methoxy groups -OCH3 is 1. The topological polar surface area (TPSA) is 91.3 Å². The third-order valence-corrected chi connectivity index (χ3v) is 4.03. The van der Waals surface area contributed by atoms with Gasteiger partial charge >= 0.3 is 0 Å². The molecule has 4 rings (SSSR count). The number of hydrogen-bond donors (Lipinski definition) is 3. The molecule has 0 saturated carbocycles. The maximum absolute atomic E-state index is 9.75. The van der Waals surface area contributed by atoms with Crippen molar-refractivity contribution in [1.29, 1.82) is 0 Å². The first kappa shape index (κ1) is 15.0. The number of nitrogens with one attached hydrogen (secondary N) is 1. The molecule has 2 aromatic heterocycles. The number of rotatable bonds is 3. The van der Waals surface area contributed by atoms with Crippen molar-refractivity contribution in [1.82, 2.24) is 15.0 Å². The van der Waals surface area contributed by atoms with E-state index in [1.807, 2.05) is 18.3 Å². The molecule has 0 spiro atoms. The predicted molar refractivity (Wildman–Crippen MR) is 94.6 cm³/mol. The van der Waals surface area contributed by atoms with E-state index in [2.05, 4.69) is 9.97 Å². The van der Waals surface area contributed by atoms with Crippen molar-refractivity contribution < 1.29 is 14.9 Å². The number of aromatic nitrogens is 3. The van der Waals surface area contributed by atoms with E-state index in [1.165, 1.54) is 7.11 Å². The summed E-state index contributed by atoms with van der Waals surface area (Å²) in [5.74, 6) is 0.672. The van der Waals surface area contributed by atoms with Crippen molar-refractivity contribution in [2.45, 2.75) is 0 Å². The second kappa shape index (κ2) is 5.83. The maximum atomic E-state index is 9.75. The van der Waals surface area contributed by atoms with Crippen LogP contribution in [-0.4, -0.2) is 32.3 Å². The van der Waals surface area contributed by atoms with Crippen LogP contribution in [0.2, 0.25) is 0 Å². The van der Waals surface area contributed by atoms with Crippen molar-refractivity contribution in [2.75, 3.05) is 7.11 Å². The van der Waals surface area contributed by atoms with Crippen molar-refractivity contribution in [3.8, 4) is 39.6 Å². The molecule has 0 unspecified atom stereocenters. The van der Waals surface area contributed by atoms with Gasteiger partial charge in [0.1, 0.15) is 11.3 Å². The summed E-state index contributed by atoms with van der Waals surface area (Å²) in [7, 11) is 1.50. The second-order valence-electron chi connectivity index (χ2n) is 5.59.